The quantitative estimate of drug-likeness (QED) is 0.360. The number of piperidine rings is 1. The van der Waals surface area contributed by atoms with Crippen molar-refractivity contribution in [2.75, 3.05) is 19.6 Å². The first kappa shape index (κ1) is 23.6. The van der Waals surface area contributed by atoms with Crippen LogP contribution in [0.1, 0.15) is 54.0 Å². The highest BCUT2D eigenvalue weighted by Gasteiger charge is 2.34. The molecule has 0 aromatic carbocycles. The van der Waals surface area contributed by atoms with Gasteiger partial charge in [-0.2, -0.15) is 23.4 Å². The van der Waals surface area contributed by atoms with Crippen LogP contribution in [0, 0.1) is 12.8 Å². The van der Waals surface area contributed by atoms with Crippen LogP contribution in [0.15, 0.2) is 24.8 Å². The molecule has 0 amide bonds. The maximum Gasteiger partial charge on any atom is 0.393 e. The Labute approximate surface area is 210 Å². The van der Waals surface area contributed by atoms with Crippen molar-refractivity contribution in [1.82, 2.24) is 34.7 Å². The maximum absolute atomic E-state index is 13.7. The van der Waals surface area contributed by atoms with Crippen LogP contribution in [0.3, 0.4) is 0 Å². The van der Waals surface area contributed by atoms with Crippen molar-refractivity contribution >= 4 is 17.0 Å². The number of nitrogens with one attached hydrogen (secondary N) is 1. The molecular weight excluding hydrogens is 487 g/mol. The summed E-state index contributed by atoms with van der Waals surface area (Å²) < 4.78 is 42.5. The van der Waals surface area contributed by atoms with E-state index >= 15 is 0 Å². The van der Waals surface area contributed by atoms with Crippen LogP contribution in [0.25, 0.3) is 27.6 Å². The molecule has 2 fully saturated rings. The normalized spacial score (nSPS) is 18.2. The second-order valence-corrected chi connectivity index (χ2v) is 11.2. The highest BCUT2D eigenvalue weighted by atomic mass is 32.1. The van der Waals surface area contributed by atoms with E-state index in [1.807, 2.05) is 13.1 Å². The number of hydrogen-bond donors (Lipinski definition) is 1. The number of fused-ring (bicyclic) bond motifs is 1. The van der Waals surface area contributed by atoms with Gasteiger partial charge >= 0.3 is 6.18 Å². The summed E-state index contributed by atoms with van der Waals surface area (Å²) in [6.45, 7) is 5.21. The summed E-state index contributed by atoms with van der Waals surface area (Å²) in [4.78, 5) is 12.4. The molecule has 1 saturated heterocycles. The first-order valence-corrected chi connectivity index (χ1v) is 13.3. The SMILES string of the molecule is Cc1cc(-c2n[nH]c(-c3ncc(C4CCN(CC5CCC5)CC4)s3)c2CC(F)(F)F)cn2ncnc12. The number of thiazole rings is 1. The second kappa shape index (κ2) is 9.26. The topological polar surface area (TPSA) is 75.0 Å². The Morgan fingerprint density at radius 1 is 1.14 bits per heavy atom. The molecular formula is C25H28F3N7S. The Balaban J connectivity index is 1.27. The van der Waals surface area contributed by atoms with Crippen molar-refractivity contribution < 1.29 is 13.2 Å². The minimum absolute atomic E-state index is 0.109. The van der Waals surface area contributed by atoms with Gasteiger partial charge in [0.25, 0.3) is 0 Å². The van der Waals surface area contributed by atoms with Crippen molar-refractivity contribution in [3.63, 3.8) is 0 Å². The molecule has 0 radical (unpaired) electrons. The van der Waals surface area contributed by atoms with Gasteiger partial charge in [0.15, 0.2) is 5.65 Å². The highest BCUT2D eigenvalue weighted by Crippen LogP contribution is 2.40. The molecule has 6 rings (SSSR count). The predicted octanol–water partition coefficient (Wildman–Crippen LogP) is 5.64. The number of H-pyrrole nitrogens is 1. The van der Waals surface area contributed by atoms with E-state index < -0.39 is 12.6 Å². The van der Waals surface area contributed by atoms with E-state index in [-0.39, 0.29) is 11.3 Å². The van der Waals surface area contributed by atoms with Gasteiger partial charge < -0.3 is 4.90 Å². The third kappa shape index (κ3) is 4.66. The molecule has 190 valence electrons. The lowest BCUT2D eigenvalue weighted by Gasteiger charge is -2.36. The van der Waals surface area contributed by atoms with Gasteiger partial charge in [0, 0.05) is 34.9 Å². The van der Waals surface area contributed by atoms with Gasteiger partial charge in [-0.1, -0.05) is 6.42 Å². The fraction of sp³-hybridized carbons (Fsp3) is 0.520. The maximum atomic E-state index is 13.7. The molecule has 1 aliphatic heterocycles. The first-order chi connectivity index (χ1) is 17.3. The Morgan fingerprint density at radius 3 is 2.67 bits per heavy atom. The van der Waals surface area contributed by atoms with Crippen molar-refractivity contribution in [1.29, 1.82) is 0 Å². The molecule has 11 heteroatoms. The van der Waals surface area contributed by atoms with Gasteiger partial charge in [-0.25, -0.2) is 14.5 Å². The molecule has 4 aromatic heterocycles. The minimum Gasteiger partial charge on any atom is -0.303 e. The lowest BCUT2D eigenvalue weighted by molar-refractivity contribution is -0.127. The van der Waals surface area contributed by atoms with E-state index in [9.17, 15) is 13.2 Å². The van der Waals surface area contributed by atoms with Crippen LogP contribution < -0.4 is 0 Å². The number of rotatable bonds is 6. The molecule has 0 unspecified atom stereocenters. The lowest BCUT2D eigenvalue weighted by atomic mass is 9.84. The van der Waals surface area contributed by atoms with Gasteiger partial charge in [0.05, 0.1) is 17.8 Å². The van der Waals surface area contributed by atoms with E-state index in [1.165, 1.54) is 43.5 Å². The zero-order chi connectivity index (χ0) is 24.9. The van der Waals surface area contributed by atoms with Crippen LogP contribution in [-0.4, -0.2) is 60.5 Å². The molecule has 0 bridgehead atoms. The van der Waals surface area contributed by atoms with Gasteiger partial charge in [-0.3, -0.25) is 5.10 Å². The molecule has 1 aliphatic carbocycles. The average molecular weight is 516 g/mol. The third-order valence-corrected chi connectivity index (χ3v) is 8.72. The number of alkyl halides is 3. The van der Waals surface area contributed by atoms with E-state index in [2.05, 4.69) is 30.2 Å². The summed E-state index contributed by atoms with van der Waals surface area (Å²) in [5.41, 5.74) is 2.75. The predicted molar refractivity (Wildman–Crippen MR) is 132 cm³/mol. The summed E-state index contributed by atoms with van der Waals surface area (Å²) in [5.74, 6) is 1.27. The molecule has 0 atom stereocenters. The molecule has 7 nitrogen and oxygen atoms in total. The molecule has 2 aliphatic rings. The minimum atomic E-state index is -4.38. The molecule has 36 heavy (non-hydrogen) atoms. The number of pyridine rings is 1. The number of halogens is 3. The van der Waals surface area contributed by atoms with Crippen LogP contribution in [0.2, 0.25) is 0 Å². The van der Waals surface area contributed by atoms with Crippen LogP contribution in [-0.2, 0) is 6.42 Å². The zero-order valence-corrected chi connectivity index (χ0v) is 20.9. The molecule has 1 saturated carbocycles. The Hall–Kier alpha value is -2.79. The summed E-state index contributed by atoms with van der Waals surface area (Å²) in [6, 6.07) is 1.80. The van der Waals surface area contributed by atoms with E-state index in [0.717, 1.165) is 42.3 Å². The molecule has 4 aromatic rings. The number of aromatic amines is 1. The summed E-state index contributed by atoms with van der Waals surface area (Å²) in [6.07, 6.45) is 5.68. The van der Waals surface area contributed by atoms with Gasteiger partial charge in [-0.15, -0.1) is 11.3 Å². The summed E-state index contributed by atoms with van der Waals surface area (Å²) in [5, 5.41) is 11.9. The number of hydrogen-bond acceptors (Lipinski definition) is 6. The zero-order valence-electron chi connectivity index (χ0n) is 20.1. The van der Waals surface area contributed by atoms with E-state index in [1.54, 1.807) is 16.8 Å². The van der Waals surface area contributed by atoms with Crippen molar-refractivity contribution in [2.45, 2.75) is 57.5 Å². The highest BCUT2D eigenvalue weighted by molar-refractivity contribution is 7.15. The number of aryl methyl sites for hydroxylation is 1. The number of likely N-dealkylation sites (tertiary alicyclic amines) is 1. The Kier molecular flexibility index (Phi) is 6.07. The fourth-order valence-corrected chi connectivity index (χ4v) is 6.52. The molecule has 1 N–H and O–H groups in total. The van der Waals surface area contributed by atoms with Crippen molar-refractivity contribution in [3.05, 3.63) is 40.8 Å². The number of aromatic nitrogens is 6. The smallest absolute Gasteiger partial charge is 0.303 e. The first-order valence-electron chi connectivity index (χ1n) is 12.5. The second-order valence-electron chi connectivity index (χ2n) is 10.1. The summed E-state index contributed by atoms with van der Waals surface area (Å²) in [7, 11) is 0. The van der Waals surface area contributed by atoms with Gasteiger partial charge in [-0.05, 0) is 69.2 Å². The Bertz CT molecular complexity index is 1360. The lowest BCUT2D eigenvalue weighted by Crippen LogP contribution is -2.38. The standard InChI is InChI=1S/C25H28F3N7S/c1-15-9-18(13-35-23(15)30-14-31-35)21-19(10-25(26,27)28)22(33-32-21)24-29-11-20(36-24)17-5-7-34(8-6-17)12-16-3-2-4-16/h9,11,13-14,16-17H,2-8,10,12H2,1H3,(H,32,33). The largest absolute Gasteiger partial charge is 0.393 e. The summed E-state index contributed by atoms with van der Waals surface area (Å²) >= 11 is 1.48. The Morgan fingerprint density at radius 2 is 1.94 bits per heavy atom. The van der Waals surface area contributed by atoms with E-state index in [0.29, 0.717) is 27.8 Å². The molecule has 5 heterocycles. The third-order valence-electron chi connectivity index (χ3n) is 7.55. The van der Waals surface area contributed by atoms with Gasteiger partial charge in [0.1, 0.15) is 11.3 Å². The van der Waals surface area contributed by atoms with Crippen molar-refractivity contribution in [3.8, 4) is 22.0 Å². The van der Waals surface area contributed by atoms with E-state index in [4.69, 9.17) is 0 Å². The number of nitrogens with zero attached hydrogens (tertiary/aromatic N) is 6. The van der Waals surface area contributed by atoms with Crippen LogP contribution in [0.4, 0.5) is 13.2 Å². The monoisotopic (exact) mass is 515 g/mol. The molecule has 0 spiro atoms. The van der Waals surface area contributed by atoms with Gasteiger partial charge in [0.2, 0.25) is 0 Å². The van der Waals surface area contributed by atoms with Crippen LogP contribution >= 0.6 is 11.3 Å². The van der Waals surface area contributed by atoms with Crippen LogP contribution in [0.5, 0.6) is 0 Å². The fourth-order valence-electron chi connectivity index (χ4n) is 5.41. The van der Waals surface area contributed by atoms with Crippen molar-refractivity contribution in [2.24, 2.45) is 5.92 Å². The average Bonchev–Trinajstić information content (AvgIpc) is 3.55.